The number of carbonyl (C=O) groups is 4. The number of aryl methyl sites for hydroxylation is 3. The zero-order chi connectivity index (χ0) is 56.7. The summed E-state index contributed by atoms with van der Waals surface area (Å²) in [5.41, 5.74) is 12.5. The normalized spacial score (nSPS) is 20.7. The summed E-state index contributed by atoms with van der Waals surface area (Å²) in [5.74, 6) is 3.02. The van der Waals surface area contributed by atoms with Gasteiger partial charge in [0.05, 0.1) is 48.8 Å². The third-order valence-corrected chi connectivity index (χ3v) is 18.0. The van der Waals surface area contributed by atoms with E-state index >= 15 is 0 Å². The minimum absolute atomic E-state index is 0.0106. The van der Waals surface area contributed by atoms with Gasteiger partial charge in [-0.15, -0.1) is 0 Å². The van der Waals surface area contributed by atoms with Crippen LogP contribution in [0.4, 0.5) is 0 Å². The van der Waals surface area contributed by atoms with Crippen molar-refractivity contribution >= 4 is 74.3 Å². The van der Waals surface area contributed by atoms with Crippen LogP contribution in [0.3, 0.4) is 0 Å². The molecule has 2 saturated carbocycles. The monoisotopic (exact) mass is 1220 g/mol. The molecule has 81 heavy (non-hydrogen) atoms. The third-order valence-electron chi connectivity index (χ3n) is 16.5. The number of halogens is 2. The molecule has 6 aromatic rings. The summed E-state index contributed by atoms with van der Waals surface area (Å²) >= 11 is 7.20. The molecule has 14 rings (SSSR count). The van der Waals surface area contributed by atoms with Crippen molar-refractivity contribution in [2.24, 2.45) is 9.98 Å². The van der Waals surface area contributed by atoms with E-state index in [4.69, 9.17) is 10.0 Å². The Kier molecular flexibility index (Phi) is 18.6. The van der Waals surface area contributed by atoms with E-state index in [0.717, 1.165) is 114 Å². The zero-order valence-corrected chi connectivity index (χ0v) is 49.5. The van der Waals surface area contributed by atoms with Crippen LogP contribution in [0.15, 0.2) is 111 Å². The van der Waals surface area contributed by atoms with Crippen molar-refractivity contribution in [2.75, 3.05) is 39.3 Å². The van der Waals surface area contributed by atoms with E-state index in [1.54, 1.807) is 6.33 Å². The van der Waals surface area contributed by atoms with Gasteiger partial charge in [-0.25, -0.2) is 15.0 Å². The van der Waals surface area contributed by atoms with E-state index in [0.29, 0.717) is 19.4 Å². The molecule has 4 amide bonds. The second-order valence-electron chi connectivity index (χ2n) is 21.7. The molecule has 3 fully saturated rings. The highest BCUT2D eigenvalue weighted by Crippen LogP contribution is 2.46. The fourth-order valence-corrected chi connectivity index (χ4v) is 12.8. The number of aromatic amines is 1. The molecule has 0 radical (unpaired) electrons. The van der Waals surface area contributed by atoms with Crippen molar-refractivity contribution in [1.29, 1.82) is 0 Å². The van der Waals surface area contributed by atoms with E-state index in [2.05, 4.69) is 118 Å². The molecule has 3 atom stereocenters. The molecule has 0 spiro atoms. The molecule has 4 N–H and O–H groups in total. The maximum Gasteiger partial charge on any atom is 0.454 e. The van der Waals surface area contributed by atoms with Crippen molar-refractivity contribution in [3.8, 4) is 0 Å². The van der Waals surface area contributed by atoms with Gasteiger partial charge in [-0.05, 0) is 114 Å². The van der Waals surface area contributed by atoms with Crippen LogP contribution in [-0.2, 0) is 57.7 Å². The summed E-state index contributed by atoms with van der Waals surface area (Å²) < 4.78 is 6.18. The van der Waals surface area contributed by atoms with Crippen molar-refractivity contribution in [1.82, 2.24) is 49.1 Å². The molecule has 3 aromatic carbocycles. The molecule has 3 aromatic heterocycles. The first kappa shape index (κ1) is 57.7. The van der Waals surface area contributed by atoms with Gasteiger partial charge in [0.1, 0.15) is 37.4 Å². The fourth-order valence-electron chi connectivity index (χ4n) is 11.6. The number of amides is 4. The summed E-state index contributed by atoms with van der Waals surface area (Å²) in [6.07, 6.45) is 23.2. The first-order valence-electron chi connectivity index (χ1n) is 28.6. The summed E-state index contributed by atoms with van der Waals surface area (Å²) in [5, 5.41) is 19.1. The third kappa shape index (κ3) is 13.5. The van der Waals surface area contributed by atoms with Gasteiger partial charge in [-0.2, -0.15) is 0 Å². The maximum absolute atomic E-state index is 12.7. The number of hydrogen-bond donors (Lipinski definition) is 4. The number of imidazole rings is 3. The Morgan fingerprint density at radius 1 is 0.605 bits per heavy atom. The van der Waals surface area contributed by atoms with Gasteiger partial charge in [-0.1, -0.05) is 108 Å². The van der Waals surface area contributed by atoms with E-state index in [9.17, 15) is 19.2 Å². The Balaban J connectivity index is 0.000000124. The van der Waals surface area contributed by atoms with Crippen LogP contribution in [-0.4, -0.2) is 136 Å². The number of hydrogen-bond acceptors (Lipinski definition) is 11. The number of H-pyrrole nitrogens is 1. The number of aliphatic imine (C=N–C) groups is 2. The number of carbonyl (C=O) groups excluding carboxylic acids is 4. The lowest BCUT2D eigenvalue weighted by molar-refractivity contribution is -0.133. The molecule has 9 heterocycles. The molecule has 21 heteroatoms. The lowest BCUT2D eigenvalue weighted by Gasteiger charge is -2.37. The van der Waals surface area contributed by atoms with Crippen LogP contribution in [0.5, 0.6) is 0 Å². The molecule has 2 aliphatic carbocycles. The fraction of sp³-hybridized carbons (Fsp3) is 0.450. The molecular formula is C60H71BBr2N12O6. The smallest absolute Gasteiger partial charge is 0.427 e. The van der Waals surface area contributed by atoms with E-state index in [-0.39, 0.29) is 67.2 Å². The summed E-state index contributed by atoms with van der Waals surface area (Å²) in [6, 6.07) is 19.0. The number of aromatic nitrogens is 6. The lowest BCUT2D eigenvalue weighted by atomic mass is 9.84. The molecular weight excluding hydrogens is 1160 g/mol. The molecule has 3 unspecified atom stereocenters. The van der Waals surface area contributed by atoms with Crippen molar-refractivity contribution < 1.29 is 29.2 Å². The van der Waals surface area contributed by atoms with Crippen LogP contribution >= 0.6 is 31.9 Å². The summed E-state index contributed by atoms with van der Waals surface area (Å²) in [4.78, 5) is 79.7. The molecule has 1 saturated heterocycles. The SMILES string of the molecule is CCc1cn(C2=NCC(=O)N3CCc4c(Br)cccc4C3C2)cn1.CCc1cn(C2=NCC(=O)N3CCc4c(C5CC5)cccc4C3C2)cn1.CCc1cnc[nH]1.O=C1CC2c3cccc(Br)c3CCN2C(=O)CN1.OB(O)C1CC1. The van der Waals surface area contributed by atoms with Gasteiger partial charge in [0.15, 0.2) is 0 Å². The number of benzene rings is 3. The Hall–Kier alpha value is -6.55. The first-order chi connectivity index (χ1) is 39.3. The Labute approximate surface area is 490 Å². The second kappa shape index (κ2) is 26.1. The predicted octanol–water partition coefficient (Wildman–Crippen LogP) is 8.07. The van der Waals surface area contributed by atoms with Crippen LogP contribution in [0, 0.1) is 0 Å². The number of nitrogens with zero attached hydrogens (tertiary/aromatic N) is 10. The van der Waals surface area contributed by atoms with Gasteiger partial charge < -0.3 is 35.0 Å². The second-order valence-corrected chi connectivity index (χ2v) is 23.4. The van der Waals surface area contributed by atoms with Gasteiger partial charge in [0.25, 0.3) is 0 Å². The maximum atomic E-state index is 12.7. The van der Waals surface area contributed by atoms with E-state index < -0.39 is 7.12 Å². The molecule has 18 nitrogen and oxygen atoms in total. The standard InChI is InChI=1S/C21H24N4O.C18H19BrN4O.C13H13BrN2O2.C5H8N2.C3H7BO2/c1-2-15-12-24(13-23-15)20-10-19-18-5-3-4-16(14-6-7-14)17(18)8-9-25(19)21(26)11-22-20;1-2-12-10-22(11-21-12)17-8-16-14-4-3-5-15(19)13(14)6-7-23(16)18(24)9-20-17;14-10-3-1-2-9-8(10)4-5-16-11(9)6-12(17)15-7-13(16)18;1-2-5-3-6-4-7-5;5-4(6)3-1-2-3/h3-5,12-14,19H,2,6-11H2,1H3;3-5,10-11,16H,2,6-9H2,1H3;1-3,11H,4-7H2,(H,15,17);3-4H,2H2,1H3,(H,6,7);3,5-6H,1-2H2. The number of rotatable bonds is 5. The lowest BCUT2D eigenvalue weighted by Crippen LogP contribution is -2.41. The average molecular weight is 1230 g/mol. The van der Waals surface area contributed by atoms with Crippen LogP contribution in [0.25, 0.3) is 0 Å². The summed E-state index contributed by atoms with van der Waals surface area (Å²) in [6.45, 7) is 9.11. The topological polar surface area (TPSA) is 220 Å². The van der Waals surface area contributed by atoms with Crippen LogP contribution in [0.1, 0.15) is 146 Å². The van der Waals surface area contributed by atoms with E-state index in [1.807, 2.05) is 79.3 Å². The van der Waals surface area contributed by atoms with Crippen LogP contribution in [0.2, 0.25) is 5.82 Å². The highest BCUT2D eigenvalue weighted by molar-refractivity contribution is 9.10. The van der Waals surface area contributed by atoms with Gasteiger partial charge in [0.2, 0.25) is 23.6 Å². The highest BCUT2D eigenvalue weighted by atomic mass is 79.9. The van der Waals surface area contributed by atoms with Crippen molar-refractivity contribution in [3.63, 3.8) is 0 Å². The van der Waals surface area contributed by atoms with Gasteiger partial charge >= 0.3 is 7.12 Å². The minimum Gasteiger partial charge on any atom is -0.427 e. The predicted molar refractivity (Wildman–Crippen MR) is 318 cm³/mol. The molecule has 424 valence electrons. The molecule has 6 aliphatic heterocycles. The zero-order valence-electron chi connectivity index (χ0n) is 46.3. The highest BCUT2D eigenvalue weighted by Gasteiger charge is 2.39. The Morgan fingerprint density at radius 2 is 1.09 bits per heavy atom. The largest absolute Gasteiger partial charge is 0.454 e. The summed E-state index contributed by atoms with van der Waals surface area (Å²) in [7, 11) is -1.04. The van der Waals surface area contributed by atoms with Gasteiger partial charge in [-0.3, -0.25) is 38.3 Å². The minimum atomic E-state index is -1.04. The Bertz CT molecular complexity index is 3300. The Morgan fingerprint density at radius 3 is 1.52 bits per heavy atom. The molecule has 0 bridgehead atoms. The van der Waals surface area contributed by atoms with Crippen LogP contribution < -0.4 is 5.32 Å². The average Bonchev–Trinajstić information content (AvgIpc) is 4.41. The quantitative estimate of drug-likeness (QED) is 0.123. The number of fused-ring (bicyclic) bond motifs is 9. The van der Waals surface area contributed by atoms with Crippen molar-refractivity contribution in [3.05, 3.63) is 157 Å². The number of nitrogens with one attached hydrogen (secondary N) is 2. The molecule has 8 aliphatic rings. The first-order valence-corrected chi connectivity index (χ1v) is 30.2. The van der Waals surface area contributed by atoms with Crippen molar-refractivity contribution in [2.45, 2.75) is 134 Å². The van der Waals surface area contributed by atoms with Gasteiger partial charge in [0, 0.05) is 65.7 Å². The van der Waals surface area contributed by atoms with E-state index in [1.165, 1.54) is 51.9 Å².